The molecule has 0 aliphatic carbocycles. The van der Waals surface area contributed by atoms with Crippen LogP contribution in [0.3, 0.4) is 0 Å². The minimum atomic E-state index is 0.0184. The highest BCUT2D eigenvalue weighted by Gasteiger charge is 2.46. The van der Waals surface area contributed by atoms with E-state index in [0.29, 0.717) is 12.6 Å². The minimum Gasteiger partial charge on any atom is -0.396 e. The van der Waals surface area contributed by atoms with E-state index in [0.717, 1.165) is 12.2 Å². The average molecular weight is 246 g/mol. The van der Waals surface area contributed by atoms with Gasteiger partial charge in [0, 0.05) is 30.5 Å². The molecule has 2 atom stereocenters. The molecule has 1 saturated heterocycles. The second kappa shape index (κ2) is 5.71. The van der Waals surface area contributed by atoms with E-state index < -0.39 is 0 Å². The Morgan fingerprint density at radius 2 is 2.19 bits per heavy atom. The van der Waals surface area contributed by atoms with Crippen molar-refractivity contribution in [2.75, 3.05) is 24.7 Å². The molecular formula is C12H26N2OS. The predicted octanol–water partition coefficient (Wildman–Crippen LogP) is 1.21. The van der Waals surface area contributed by atoms with E-state index in [9.17, 15) is 0 Å². The van der Waals surface area contributed by atoms with Crippen LogP contribution in [0.15, 0.2) is 0 Å². The van der Waals surface area contributed by atoms with Gasteiger partial charge in [-0.25, -0.2) is 0 Å². The van der Waals surface area contributed by atoms with Crippen molar-refractivity contribution in [3.63, 3.8) is 0 Å². The molecule has 0 amide bonds. The molecule has 0 aromatic carbocycles. The Bertz CT molecular complexity index is 223. The number of nitrogens with two attached hydrogens (primary N) is 1. The van der Waals surface area contributed by atoms with Crippen molar-refractivity contribution in [2.24, 2.45) is 11.1 Å². The number of aliphatic hydroxyl groups is 1. The van der Waals surface area contributed by atoms with Crippen LogP contribution in [0.25, 0.3) is 0 Å². The largest absolute Gasteiger partial charge is 0.396 e. The van der Waals surface area contributed by atoms with E-state index in [1.165, 1.54) is 12.2 Å². The first-order valence-corrected chi connectivity index (χ1v) is 7.29. The average Bonchev–Trinajstić information content (AvgIpc) is 2.21. The third-order valence-electron chi connectivity index (χ3n) is 3.95. The summed E-state index contributed by atoms with van der Waals surface area (Å²) in [7, 11) is 0. The number of nitrogens with one attached hydrogen (secondary N) is 1. The molecule has 96 valence electrons. The molecule has 0 aromatic rings. The molecule has 1 rings (SSSR count). The summed E-state index contributed by atoms with van der Waals surface area (Å²) in [6.45, 7) is 7.64. The number of hydrogen-bond donors (Lipinski definition) is 3. The maximum atomic E-state index is 8.98. The molecule has 4 heteroatoms. The van der Waals surface area contributed by atoms with Gasteiger partial charge in [-0.15, -0.1) is 0 Å². The van der Waals surface area contributed by atoms with Gasteiger partial charge < -0.3 is 16.2 Å². The van der Waals surface area contributed by atoms with Gasteiger partial charge in [0.2, 0.25) is 0 Å². The first-order valence-electron chi connectivity index (χ1n) is 6.14. The van der Waals surface area contributed by atoms with E-state index >= 15 is 0 Å². The monoisotopic (exact) mass is 246 g/mol. The van der Waals surface area contributed by atoms with Crippen molar-refractivity contribution in [3.8, 4) is 0 Å². The second-order valence-corrected chi connectivity index (χ2v) is 6.64. The Morgan fingerprint density at radius 1 is 1.50 bits per heavy atom. The number of aliphatic hydroxyl groups excluding tert-OH is 1. The Kier molecular flexibility index (Phi) is 5.10. The summed E-state index contributed by atoms with van der Waals surface area (Å²) in [5.74, 6) is 2.30. The van der Waals surface area contributed by atoms with E-state index in [1.807, 2.05) is 11.8 Å². The van der Waals surface area contributed by atoms with E-state index in [1.54, 1.807) is 0 Å². The van der Waals surface area contributed by atoms with Crippen LogP contribution in [-0.4, -0.2) is 41.3 Å². The van der Waals surface area contributed by atoms with Crippen molar-refractivity contribution < 1.29 is 5.11 Å². The molecule has 1 aliphatic heterocycles. The predicted molar refractivity (Wildman–Crippen MR) is 71.8 cm³/mol. The summed E-state index contributed by atoms with van der Waals surface area (Å²) in [6.07, 6.45) is 2.00. The quantitative estimate of drug-likeness (QED) is 0.682. The highest BCUT2D eigenvalue weighted by molar-refractivity contribution is 7.99. The molecule has 0 spiro atoms. The molecule has 2 unspecified atom stereocenters. The molecule has 16 heavy (non-hydrogen) atoms. The topological polar surface area (TPSA) is 58.3 Å². The lowest BCUT2D eigenvalue weighted by Gasteiger charge is -2.51. The van der Waals surface area contributed by atoms with Crippen LogP contribution in [-0.2, 0) is 0 Å². The highest BCUT2D eigenvalue weighted by atomic mass is 32.2. The zero-order chi connectivity index (χ0) is 12.2. The SMILES string of the molecule is CC(CCO)NC1(CN)CSCCC1(C)C. The highest BCUT2D eigenvalue weighted by Crippen LogP contribution is 2.42. The van der Waals surface area contributed by atoms with Crippen LogP contribution in [0.5, 0.6) is 0 Å². The zero-order valence-electron chi connectivity index (χ0n) is 10.8. The molecule has 1 aliphatic rings. The summed E-state index contributed by atoms with van der Waals surface area (Å²) in [4.78, 5) is 0. The van der Waals surface area contributed by atoms with Gasteiger partial charge in [-0.1, -0.05) is 13.8 Å². The molecular weight excluding hydrogens is 220 g/mol. The zero-order valence-corrected chi connectivity index (χ0v) is 11.6. The molecule has 1 heterocycles. The molecule has 0 radical (unpaired) electrons. The fourth-order valence-electron chi connectivity index (χ4n) is 2.38. The van der Waals surface area contributed by atoms with Gasteiger partial charge in [0.25, 0.3) is 0 Å². The Balaban J connectivity index is 2.74. The van der Waals surface area contributed by atoms with Gasteiger partial charge >= 0.3 is 0 Å². The van der Waals surface area contributed by atoms with Crippen molar-refractivity contribution in [1.82, 2.24) is 5.32 Å². The van der Waals surface area contributed by atoms with Crippen molar-refractivity contribution in [2.45, 2.75) is 45.2 Å². The summed E-state index contributed by atoms with van der Waals surface area (Å²) in [5.41, 5.74) is 6.27. The molecule has 0 aromatic heterocycles. The van der Waals surface area contributed by atoms with Gasteiger partial charge in [-0.2, -0.15) is 11.8 Å². The molecule has 1 fully saturated rings. The van der Waals surface area contributed by atoms with E-state index in [2.05, 4.69) is 26.1 Å². The summed E-state index contributed by atoms with van der Waals surface area (Å²) in [5, 5.41) is 12.6. The summed E-state index contributed by atoms with van der Waals surface area (Å²) < 4.78 is 0. The Labute approximate surface area is 104 Å². The first-order chi connectivity index (χ1) is 7.47. The van der Waals surface area contributed by atoms with Gasteiger partial charge in [-0.05, 0) is 30.9 Å². The Morgan fingerprint density at radius 3 is 2.69 bits per heavy atom. The second-order valence-electron chi connectivity index (χ2n) is 5.53. The minimum absolute atomic E-state index is 0.0184. The molecule has 0 saturated carbocycles. The molecule has 0 bridgehead atoms. The van der Waals surface area contributed by atoms with Crippen LogP contribution in [0, 0.1) is 5.41 Å². The standard InChI is InChI=1S/C12H26N2OS/c1-10(4-6-15)14-12(8-13)9-16-7-5-11(12,2)3/h10,14-15H,4-9,13H2,1-3H3. The number of hydrogen-bond acceptors (Lipinski definition) is 4. The lowest BCUT2D eigenvalue weighted by atomic mass is 9.70. The van der Waals surface area contributed by atoms with Gasteiger partial charge in [0.1, 0.15) is 0 Å². The summed E-state index contributed by atoms with van der Waals surface area (Å²) >= 11 is 1.98. The maximum absolute atomic E-state index is 8.98. The third-order valence-corrected chi connectivity index (χ3v) is 5.14. The van der Waals surface area contributed by atoms with Crippen molar-refractivity contribution in [3.05, 3.63) is 0 Å². The van der Waals surface area contributed by atoms with Crippen LogP contribution >= 0.6 is 11.8 Å². The van der Waals surface area contributed by atoms with Gasteiger partial charge in [0.05, 0.1) is 0 Å². The van der Waals surface area contributed by atoms with Crippen LogP contribution < -0.4 is 11.1 Å². The van der Waals surface area contributed by atoms with E-state index in [-0.39, 0.29) is 17.6 Å². The van der Waals surface area contributed by atoms with Crippen LogP contribution in [0.2, 0.25) is 0 Å². The van der Waals surface area contributed by atoms with Gasteiger partial charge in [0.15, 0.2) is 0 Å². The molecule has 3 nitrogen and oxygen atoms in total. The third kappa shape index (κ3) is 2.92. The van der Waals surface area contributed by atoms with Crippen molar-refractivity contribution >= 4 is 11.8 Å². The molecule has 4 N–H and O–H groups in total. The number of thioether (sulfide) groups is 1. The fourth-order valence-corrected chi connectivity index (χ4v) is 4.12. The lowest BCUT2D eigenvalue weighted by Crippen LogP contribution is -2.66. The fraction of sp³-hybridized carbons (Fsp3) is 1.00. The van der Waals surface area contributed by atoms with Crippen molar-refractivity contribution in [1.29, 1.82) is 0 Å². The normalized spacial score (nSPS) is 31.3. The van der Waals surface area contributed by atoms with Gasteiger partial charge in [-0.3, -0.25) is 0 Å². The number of rotatable bonds is 5. The van der Waals surface area contributed by atoms with E-state index in [4.69, 9.17) is 10.8 Å². The summed E-state index contributed by atoms with van der Waals surface area (Å²) in [6, 6.07) is 0.325. The lowest BCUT2D eigenvalue weighted by molar-refractivity contribution is 0.117. The van der Waals surface area contributed by atoms with Crippen LogP contribution in [0.4, 0.5) is 0 Å². The Hall–Kier alpha value is 0.230. The first kappa shape index (κ1) is 14.3. The van der Waals surface area contributed by atoms with Crippen LogP contribution in [0.1, 0.15) is 33.6 Å². The maximum Gasteiger partial charge on any atom is 0.0449 e. The smallest absolute Gasteiger partial charge is 0.0449 e.